The van der Waals surface area contributed by atoms with Gasteiger partial charge in [0.25, 0.3) is 0 Å². The number of hydrogen-bond donors (Lipinski definition) is 2. The van der Waals surface area contributed by atoms with Gasteiger partial charge in [0.1, 0.15) is 0 Å². The maximum atomic E-state index is 5.64. The molecule has 1 fully saturated rings. The monoisotopic (exact) mass is 230 g/mol. The van der Waals surface area contributed by atoms with Crippen molar-refractivity contribution in [3.8, 4) is 0 Å². The van der Waals surface area contributed by atoms with Crippen LogP contribution in [0.1, 0.15) is 33.1 Å². The van der Waals surface area contributed by atoms with E-state index in [1.54, 1.807) is 7.11 Å². The predicted molar refractivity (Wildman–Crippen MR) is 64.9 cm³/mol. The summed E-state index contributed by atoms with van der Waals surface area (Å²) in [6, 6.07) is 0.244. The van der Waals surface area contributed by atoms with Crippen LogP contribution in [0.4, 0.5) is 0 Å². The Labute approximate surface area is 98.8 Å². The fourth-order valence-electron chi connectivity index (χ4n) is 2.54. The second-order valence-corrected chi connectivity index (χ2v) is 5.01. The number of hydrogen-bond acceptors (Lipinski definition) is 4. The minimum atomic E-state index is 0.188. The van der Waals surface area contributed by atoms with Crippen molar-refractivity contribution in [3.05, 3.63) is 0 Å². The Balaban J connectivity index is 2.45. The molecule has 4 heteroatoms. The number of rotatable bonds is 6. The van der Waals surface area contributed by atoms with Gasteiger partial charge in [-0.1, -0.05) is 13.8 Å². The Kier molecular flexibility index (Phi) is 6.28. The lowest BCUT2D eigenvalue weighted by molar-refractivity contribution is 0.0118. The zero-order valence-corrected chi connectivity index (χ0v) is 10.7. The van der Waals surface area contributed by atoms with Crippen LogP contribution in [0.5, 0.6) is 0 Å². The van der Waals surface area contributed by atoms with Crippen LogP contribution in [-0.2, 0) is 9.47 Å². The minimum absolute atomic E-state index is 0.188. The van der Waals surface area contributed by atoms with Crippen molar-refractivity contribution in [1.29, 1.82) is 0 Å². The van der Waals surface area contributed by atoms with E-state index < -0.39 is 0 Å². The van der Waals surface area contributed by atoms with Crippen LogP contribution in [0.3, 0.4) is 0 Å². The Morgan fingerprint density at radius 2 is 2.00 bits per heavy atom. The molecule has 0 amide bonds. The fraction of sp³-hybridized carbons (Fsp3) is 1.00. The van der Waals surface area contributed by atoms with Crippen molar-refractivity contribution < 1.29 is 9.47 Å². The average Bonchev–Trinajstić information content (AvgIpc) is 2.29. The van der Waals surface area contributed by atoms with Gasteiger partial charge >= 0.3 is 0 Å². The maximum Gasteiger partial charge on any atom is 0.0760 e. The quantitative estimate of drug-likeness (QED) is 0.533. The number of nitrogens with two attached hydrogens (primary N) is 1. The highest BCUT2D eigenvalue weighted by atomic mass is 16.5. The first-order valence-electron chi connectivity index (χ1n) is 6.25. The van der Waals surface area contributed by atoms with Crippen molar-refractivity contribution in [2.24, 2.45) is 17.7 Å². The van der Waals surface area contributed by atoms with E-state index in [9.17, 15) is 0 Å². The largest absolute Gasteiger partial charge is 0.381 e. The predicted octanol–water partition coefficient (Wildman–Crippen LogP) is 1.31. The lowest BCUT2D eigenvalue weighted by atomic mass is 9.87. The molecule has 1 heterocycles. The van der Waals surface area contributed by atoms with Gasteiger partial charge in [-0.05, 0) is 31.1 Å². The third-order valence-electron chi connectivity index (χ3n) is 3.47. The standard InChI is InChI=1S/C12H26N2O2/c1-9(2)12(15-3)11(14-13)8-10-4-6-16-7-5-10/h9-12,14H,4-8,13H2,1-3H3. The summed E-state index contributed by atoms with van der Waals surface area (Å²) < 4.78 is 10.9. The molecule has 1 aliphatic heterocycles. The molecule has 0 aromatic rings. The molecule has 1 rings (SSSR count). The molecule has 0 aromatic heterocycles. The first kappa shape index (κ1) is 13.9. The lowest BCUT2D eigenvalue weighted by Crippen LogP contribution is -2.48. The van der Waals surface area contributed by atoms with E-state index in [-0.39, 0.29) is 12.1 Å². The summed E-state index contributed by atoms with van der Waals surface area (Å²) in [6.07, 6.45) is 3.56. The van der Waals surface area contributed by atoms with Crippen LogP contribution in [0.2, 0.25) is 0 Å². The summed E-state index contributed by atoms with van der Waals surface area (Å²) in [6.45, 7) is 6.12. The summed E-state index contributed by atoms with van der Waals surface area (Å²) in [4.78, 5) is 0. The SMILES string of the molecule is COC(C(C)C)C(CC1CCOCC1)NN. The first-order chi connectivity index (χ1) is 7.69. The zero-order valence-electron chi connectivity index (χ0n) is 10.7. The highest BCUT2D eigenvalue weighted by molar-refractivity contribution is 4.81. The van der Waals surface area contributed by atoms with E-state index in [1.807, 2.05) is 0 Å². The summed E-state index contributed by atoms with van der Waals surface area (Å²) >= 11 is 0. The topological polar surface area (TPSA) is 56.5 Å². The van der Waals surface area contributed by atoms with Crippen LogP contribution in [-0.4, -0.2) is 32.5 Å². The molecule has 16 heavy (non-hydrogen) atoms. The molecule has 3 N–H and O–H groups in total. The first-order valence-corrected chi connectivity index (χ1v) is 6.25. The second-order valence-electron chi connectivity index (χ2n) is 5.01. The van der Waals surface area contributed by atoms with Gasteiger partial charge in [-0.15, -0.1) is 0 Å². The van der Waals surface area contributed by atoms with E-state index in [0.717, 1.165) is 32.5 Å². The molecule has 1 saturated heterocycles. The Morgan fingerprint density at radius 1 is 1.38 bits per heavy atom. The van der Waals surface area contributed by atoms with Gasteiger partial charge in [0.15, 0.2) is 0 Å². The molecule has 0 bridgehead atoms. The summed E-state index contributed by atoms with van der Waals surface area (Å²) in [5.41, 5.74) is 2.92. The summed E-state index contributed by atoms with van der Waals surface area (Å²) in [5, 5.41) is 0. The normalized spacial score (nSPS) is 22.3. The van der Waals surface area contributed by atoms with Gasteiger partial charge in [-0.3, -0.25) is 11.3 Å². The van der Waals surface area contributed by atoms with Gasteiger partial charge < -0.3 is 9.47 Å². The number of hydrazine groups is 1. The van der Waals surface area contributed by atoms with E-state index >= 15 is 0 Å². The Morgan fingerprint density at radius 3 is 2.44 bits per heavy atom. The van der Waals surface area contributed by atoms with Gasteiger partial charge in [-0.2, -0.15) is 0 Å². The van der Waals surface area contributed by atoms with Gasteiger partial charge in [0, 0.05) is 26.4 Å². The van der Waals surface area contributed by atoms with Crippen LogP contribution in [0.15, 0.2) is 0 Å². The molecule has 1 aliphatic rings. The van der Waals surface area contributed by atoms with Gasteiger partial charge in [0.05, 0.1) is 6.10 Å². The molecule has 0 radical (unpaired) electrons. The highest BCUT2D eigenvalue weighted by Crippen LogP contribution is 2.23. The third kappa shape index (κ3) is 4.01. The molecule has 4 nitrogen and oxygen atoms in total. The van der Waals surface area contributed by atoms with E-state index in [2.05, 4.69) is 19.3 Å². The number of ether oxygens (including phenoxy) is 2. The van der Waals surface area contributed by atoms with Crippen LogP contribution < -0.4 is 11.3 Å². The van der Waals surface area contributed by atoms with Crippen LogP contribution in [0, 0.1) is 11.8 Å². The summed E-state index contributed by atoms with van der Waals surface area (Å²) in [5.74, 6) is 6.83. The minimum Gasteiger partial charge on any atom is -0.381 e. The maximum absolute atomic E-state index is 5.64. The molecule has 0 aromatic carbocycles. The van der Waals surface area contributed by atoms with Crippen LogP contribution in [0.25, 0.3) is 0 Å². The van der Waals surface area contributed by atoms with E-state index in [4.69, 9.17) is 15.3 Å². The molecule has 0 saturated carbocycles. The van der Waals surface area contributed by atoms with Crippen molar-refractivity contribution in [1.82, 2.24) is 5.43 Å². The Bertz CT molecular complexity index is 182. The molecule has 0 aliphatic carbocycles. The fourth-order valence-corrected chi connectivity index (χ4v) is 2.54. The second kappa shape index (κ2) is 7.22. The zero-order chi connectivity index (χ0) is 12.0. The van der Waals surface area contributed by atoms with E-state index in [1.165, 1.54) is 0 Å². The summed E-state index contributed by atoms with van der Waals surface area (Å²) in [7, 11) is 1.76. The lowest BCUT2D eigenvalue weighted by Gasteiger charge is -2.32. The molecular weight excluding hydrogens is 204 g/mol. The van der Waals surface area contributed by atoms with Crippen molar-refractivity contribution in [2.75, 3.05) is 20.3 Å². The van der Waals surface area contributed by atoms with Gasteiger partial charge in [0.2, 0.25) is 0 Å². The molecule has 96 valence electrons. The van der Waals surface area contributed by atoms with Crippen molar-refractivity contribution in [3.63, 3.8) is 0 Å². The molecular formula is C12H26N2O2. The van der Waals surface area contributed by atoms with Crippen molar-refractivity contribution >= 4 is 0 Å². The molecule has 2 atom stereocenters. The smallest absolute Gasteiger partial charge is 0.0760 e. The van der Waals surface area contributed by atoms with Crippen molar-refractivity contribution in [2.45, 2.75) is 45.3 Å². The number of nitrogens with one attached hydrogen (secondary N) is 1. The molecule has 0 spiro atoms. The molecule has 2 unspecified atom stereocenters. The van der Waals surface area contributed by atoms with E-state index in [0.29, 0.717) is 11.8 Å². The van der Waals surface area contributed by atoms with Gasteiger partial charge in [-0.25, -0.2) is 0 Å². The highest BCUT2D eigenvalue weighted by Gasteiger charge is 2.27. The van der Waals surface area contributed by atoms with Crippen LogP contribution >= 0.6 is 0 Å². The average molecular weight is 230 g/mol. The number of methoxy groups -OCH3 is 1. The Hall–Kier alpha value is -0.160. The third-order valence-corrected chi connectivity index (χ3v) is 3.47.